The second-order valence-electron chi connectivity index (χ2n) is 12.4. The third-order valence-electron chi connectivity index (χ3n) is 9.03. The minimum Gasteiger partial charge on any atom is -0.496 e. The Kier molecular flexibility index (Phi) is 9.99. The number of hydrogen-bond acceptors (Lipinski definition) is 7. The second kappa shape index (κ2) is 14.3. The smallest absolute Gasteiger partial charge is 0.389 e. The van der Waals surface area contributed by atoms with Gasteiger partial charge in [-0.1, -0.05) is 0 Å². The zero-order chi connectivity index (χ0) is 37.4. The van der Waals surface area contributed by atoms with E-state index in [0.29, 0.717) is 16.7 Å². The summed E-state index contributed by atoms with van der Waals surface area (Å²) in [6.07, 6.45) is -4.24. The fraction of sp³-hybridized carbons (Fsp3) is 0.297. The van der Waals surface area contributed by atoms with E-state index in [9.17, 15) is 35.9 Å². The summed E-state index contributed by atoms with van der Waals surface area (Å²) in [5, 5.41) is 5.70. The van der Waals surface area contributed by atoms with Crippen molar-refractivity contribution in [3.8, 4) is 28.2 Å². The molecule has 0 aliphatic heterocycles. The highest BCUT2D eigenvalue weighted by Crippen LogP contribution is 2.44. The molecule has 52 heavy (non-hydrogen) atoms. The van der Waals surface area contributed by atoms with E-state index in [2.05, 4.69) is 25.3 Å². The van der Waals surface area contributed by atoms with Crippen LogP contribution in [-0.2, 0) is 16.7 Å². The first-order valence-corrected chi connectivity index (χ1v) is 16.1. The third kappa shape index (κ3) is 7.31. The number of carbonyl (C=O) groups is 2. The maximum atomic E-state index is 14.1. The van der Waals surface area contributed by atoms with Crippen molar-refractivity contribution in [2.75, 3.05) is 14.2 Å². The lowest BCUT2D eigenvalue weighted by Crippen LogP contribution is -2.58. The summed E-state index contributed by atoms with van der Waals surface area (Å²) in [4.78, 5) is 35.8. The van der Waals surface area contributed by atoms with Crippen LogP contribution in [0, 0.1) is 12.7 Å². The molecule has 2 heterocycles. The van der Waals surface area contributed by atoms with Crippen molar-refractivity contribution in [2.45, 2.75) is 57.0 Å². The Hall–Kier alpha value is -5.44. The summed E-state index contributed by atoms with van der Waals surface area (Å²) >= 11 is 0. The van der Waals surface area contributed by atoms with Crippen LogP contribution >= 0.6 is 0 Å². The number of benzene rings is 3. The summed E-state index contributed by atoms with van der Waals surface area (Å²) in [7, 11) is 2.75. The van der Waals surface area contributed by atoms with Crippen molar-refractivity contribution in [3.63, 3.8) is 0 Å². The fourth-order valence-corrected chi connectivity index (χ4v) is 6.52. The van der Waals surface area contributed by atoms with Gasteiger partial charge < -0.3 is 24.5 Å². The molecular weight excluding hydrogens is 694 g/mol. The van der Waals surface area contributed by atoms with Gasteiger partial charge >= 0.3 is 12.8 Å². The number of carbonyl (C=O) groups excluding carboxylic acids is 2. The van der Waals surface area contributed by atoms with E-state index in [0.717, 1.165) is 0 Å². The number of ether oxygens (including phenoxy) is 2. The first-order valence-electron chi connectivity index (χ1n) is 16.1. The van der Waals surface area contributed by atoms with E-state index in [1.54, 1.807) is 19.1 Å². The Balaban J connectivity index is 1.49. The lowest BCUT2D eigenvalue weighted by molar-refractivity contribution is -0.198. The Labute approximate surface area is 293 Å². The van der Waals surface area contributed by atoms with Gasteiger partial charge in [0.15, 0.2) is 5.82 Å². The van der Waals surface area contributed by atoms with Gasteiger partial charge in [-0.25, -0.2) is 14.4 Å². The van der Waals surface area contributed by atoms with Crippen LogP contribution in [0.4, 0.5) is 26.3 Å². The van der Waals surface area contributed by atoms with Crippen LogP contribution in [0.5, 0.6) is 5.75 Å². The van der Waals surface area contributed by atoms with Gasteiger partial charge in [0, 0.05) is 49.7 Å². The number of aryl methyl sites for hydroxylation is 2. The number of halogens is 6. The maximum Gasteiger partial charge on any atom is 0.389 e. The minimum absolute atomic E-state index is 0.00998. The highest BCUT2D eigenvalue weighted by molar-refractivity contribution is 6.12. The third-order valence-corrected chi connectivity index (χ3v) is 9.03. The molecule has 2 N–H and O–H groups in total. The van der Waals surface area contributed by atoms with Crippen molar-refractivity contribution in [1.29, 1.82) is 0 Å². The van der Waals surface area contributed by atoms with Gasteiger partial charge in [-0.05, 0) is 90.2 Å². The lowest BCUT2D eigenvalue weighted by atomic mass is 9.73. The lowest BCUT2D eigenvalue weighted by Gasteiger charge is -2.46. The van der Waals surface area contributed by atoms with E-state index in [-0.39, 0.29) is 63.4 Å². The monoisotopic (exact) mass is 726 g/mol. The molecule has 2 amide bonds. The molecule has 1 aliphatic carbocycles. The molecule has 0 unspecified atom stereocenters. The second-order valence-corrected chi connectivity index (χ2v) is 12.4. The average molecular weight is 727 g/mol. The molecule has 0 atom stereocenters. The van der Waals surface area contributed by atoms with Gasteiger partial charge in [0.1, 0.15) is 28.4 Å². The standard InChI is InChI=1S/C37H32F6N4O5/c1-19-13-28(50-3)27(32(48)47-36(34-45-11-4-12-46-34)17-23(18-36)51-35(39)40)15-24(19)25-16-26-29(14-21(25)9-10-37(41,42)43)52-31(30(26)33(49)44-2)20-5-7-22(38)8-6-20/h4-8,11-16,23,35H,9-10,17-18H2,1-3H3,(H,44,49)(H,47,48). The van der Waals surface area contributed by atoms with Crippen molar-refractivity contribution in [1.82, 2.24) is 20.6 Å². The van der Waals surface area contributed by atoms with Crippen LogP contribution in [0.2, 0.25) is 0 Å². The first-order chi connectivity index (χ1) is 24.7. The summed E-state index contributed by atoms with van der Waals surface area (Å²) in [6, 6.07) is 12.8. The average Bonchev–Trinajstić information content (AvgIpc) is 3.47. The number of aromatic nitrogens is 2. The summed E-state index contributed by atoms with van der Waals surface area (Å²) in [6.45, 7) is -1.33. The first kappa shape index (κ1) is 36.4. The van der Waals surface area contributed by atoms with Crippen LogP contribution < -0.4 is 15.4 Å². The van der Waals surface area contributed by atoms with E-state index < -0.39 is 54.9 Å². The molecule has 272 valence electrons. The van der Waals surface area contributed by atoms with Gasteiger partial charge in [0.05, 0.1) is 24.3 Å². The number of alkyl halides is 5. The number of methoxy groups -OCH3 is 1. The highest BCUT2D eigenvalue weighted by atomic mass is 19.4. The molecule has 3 aromatic carbocycles. The molecule has 9 nitrogen and oxygen atoms in total. The van der Waals surface area contributed by atoms with Crippen LogP contribution in [0.25, 0.3) is 33.4 Å². The molecule has 1 aliphatic rings. The predicted octanol–water partition coefficient (Wildman–Crippen LogP) is 7.89. The zero-order valence-electron chi connectivity index (χ0n) is 28.0. The Morgan fingerprint density at radius 1 is 1.02 bits per heavy atom. The van der Waals surface area contributed by atoms with Gasteiger partial charge in [-0.2, -0.15) is 22.0 Å². The Morgan fingerprint density at radius 2 is 1.71 bits per heavy atom. The molecule has 1 saturated carbocycles. The quantitative estimate of drug-likeness (QED) is 0.133. The van der Waals surface area contributed by atoms with E-state index >= 15 is 0 Å². The summed E-state index contributed by atoms with van der Waals surface area (Å²) in [5.41, 5.74) is 0.679. The molecule has 6 rings (SSSR count). The molecule has 0 spiro atoms. The van der Waals surface area contributed by atoms with E-state index in [1.165, 1.54) is 69.0 Å². The normalized spacial score (nSPS) is 17.2. The molecule has 5 aromatic rings. The molecule has 0 bridgehead atoms. The van der Waals surface area contributed by atoms with E-state index in [1.807, 2.05) is 0 Å². The molecule has 0 radical (unpaired) electrons. The van der Waals surface area contributed by atoms with Crippen LogP contribution in [0.3, 0.4) is 0 Å². The number of rotatable bonds is 11. The number of nitrogens with one attached hydrogen (secondary N) is 2. The van der Waals surface area contributed by atoms with Crippen molar-refractivity contribution in [2.24, 2.45) is 0 Å². The molecule has 15 heteroatoms. The van der Waals surface area contributed by atoms with Crippen LogP contribution in [0.1, 0.15) is 56.9 Å². The maximum absolute atomic E-state index is 14.1. The predicted molar refractivity (Wildman–Crippen MR) is 177 cm³/mol. The largest absolute Gasteiger partial charge is 0.496 e. The molecule has 0 saturated heterocycles. The number of furan rings is 1. The minimum atomic E-state index is -4.51. The fourth-order valence-electron chi connectivity index (χ4n) is 6.52. The summed E-state index contributed by atoms with van der Waals surface area (Å²) < 4.78 is 96.9. The number of hydrogen-bond donors (Lipinski definition) is 2. The Bertz CT molecular complexity index is 2110. The Morgan fingerprint density at radius 3 is 2.33 bits per heavy atom. The summed E-state index contributed by atoms with van der Waals surface area (Å²) in [5.74, 6) is -1.36. The van der Waals surface area contributed by atoms with Crippen LogP contribution in [0.15, 0.2) is 71.4 Å². The topological polar surface area (TPSA) is 116 Å². The number of fused-ring (bicyclic) bond motifs is 1. The number of amides is 2. The van der Waals surface area contributed by atoms with Crippen LogP contribution in [-0.4, -0.2) is 54.8 Å². The molecule has 2 aromatic heterocycles. The van der Waals surface area contributed by atoms with Crippen molar-refractivity contribution in [3.05, 3.63) is 101 Å². The molecular formula is C37H32F6N4O5. The SMILES string of the molecule is CNC(=O)c1c(-c2ccc(F)cc2)oc2cc(CCC(F)(F)F)c(-c3cc(C(=O)NC4(c5ncccn5)CC(OC(F)F)C4)c(OC)cc3C)cc12. The van der Waals surface area contributed by atoms with Gasteiger partial charge in [-0.15, -0.1) is 0 Å². The zero-order valence-corrected chi connectivity index (χ0v) is 28.0. The van der Waals surface area contributed by atoms with Crippen molar-refractivity contribution < 1.29 is 49.8 Å². The number of nitrogens with zero attached hydrogens (tertiary/aromatic N) is 2. The van der Waals surface area contributed by atoms with Gasteiger partial charge in [0.2, 0.25) is 0 Å². The van der Waals surface area contributed by atoms with Gasteiger partial charge in [0.25, 0.3) is 11.8 Å². The van der Waals surface area contributed by atoms with Gasteiger partial charge in [-0.3, -0.25) is 9.59 Å². The van der Waals surface area contributed by atoms with E-state index in [4.69, 9.17) is 9.15 Å². The molecule has 1 fully saturated rings. The highest BCUT2D eigenvalue weighted by Gasteiger charge is 2.51. The van der Waals surface area contributed by atoms with Crippen molar-refractivity contribution >= 4 is 22.8 Å².